The topological polar surface area (TPSA) is 132 Å². The third-order valence-corrected chi connectivity index (χ3v) is 2.25. The second-order valence-electron chi connectivity index (χ2n) is 5.28. The molecule has 0 radical (unpaired) electrons. The first-order valence-corrected chi connectivity index (χ1v) is 6.40. The van der Waals surface area contributed by atoms with Gasteiger partial charge in [0, 0.05) is 13.6 Å². The van der Waals surface area contributed by atoms with Crippen LogP contribution in [0.25, 0.3) is 0 Å². The lowest BCUT2D eigenvalue weighted by atomic mass is 10.1. The number of carbonyl (C=O) groups excluding carboxylic acids is 2. The molecule has 0 rings (SSSR count). The summed E-state index contributed by atoms with van der Waals surface area (Å²) >= 11 is 0. The molecule has 0 aromatic heterocycles. The van der Waals surface area contributed by atoms with Gasteiger partial charge in [-0.1, -0.05) is 0 Å². The molecular formula is C12H25N5O3. The normalized spacial score (nSPS) is 13.5. The van der Waals surface area contributed by atoms with Crippen LogP contribution in [0.1, 0.15) is 33.6 Å². The predicted molar refractivity (Wildman–Crippen MR) is 77.1 cm³/mol. The van der Waals surface area contributed by atoms with E-state index in [1.807, 2.05) is 0 Å². The summed E-state index contributed by atoms with van der Waals surface area (Å²) in [4.78, 5) is 26.6. The van der Waals surface area contributed by atoms with Gasteiger partial charge in [-0.2, -0.15) is 0 Å². The highest BCUT2D eigenvalue weighted by Crippen LogP contribution is 2.07. The number of hydrogen-bond acceptors (Lipinski definition) is 4. The van der Waals surface area contributed by atoms with Crippen molar-refractivity contribution in [2.24, 2.45) is 16.5 Å². The number of amides is 2. The van der Waals surface area contributed by atoms with Crippen molar-refractivity contribution in [3.05, 3.63) is 0 Å². The molecule has 6 N–H and O–H groups in total. The van der Waals surface area contributed by atoms with Crippen LogP contribution in [0.3, 0.4) is 0 Å². The van der Waals surface area contributed by atoms with E-state index in [0.717, 1.165) is 0 Å². The van der Waals surface area contributed by atoms with Gasteiger partial charge in [-0.15, -0.1) is 0 Å². The van der Waals surface area contributed by atoms with E-state index in [9.17, 15) is 9.59 Å². The number of guanidine groups is 1. The van der Waals surface area contributed by atoms with E-state index in [1.165, 1.54) is 0 Å². The van der Waals surface area contributed by atoms with E-state index in [-0.39, 0.29) is 0 Å². The number of nitrogens with one attached hydrogen (secondary N) is 2. The molecule has 0 bridgehead atoms. The smallest absolute Gasteiger partial charge is 0.408 e. The number of nitrogens with two attached hydrogens (primary N) is 2. The second kappa shape index (κ2) is 8.23. The molecule has 0 aliphatic heterocycles. The fraction of sp³-hybridized carbons (Fsp3) is 0.750. The monoisotopic (exact) mass is 287 g/mol. The molecule has 0 aromatic carbocycles. The first kappa shape index (κ1) is 18.0. The maximum absolute atomic E-state index is 11.6. The van der Waals surface area contributed by atoms with Gasteiger partial charge in [-0.05, 0) is 33.6 Å². The van der Waals surface area contributed by atoms with Gasteiger partial charge in [-0.25, -0.2) is 4.79 Å². The van der Waals surface area contributed by atoms with Crippen LogP contribution in [0.15, 0.2) is 4.99 Å². The Labute approximate surface area is 119 Å². The van der Waals surface area contributed by atoms with Gasteiger partial charge in [0.05, 0.1) is 0 Å². The third kappa shape index (κ3) is 9.01. The molecule has 0 unspecified atom stereocenters. The molecule has 0 aliphatic carbocycles. The van der Waals surface area contributed by atoms with Crippen LogP contribution < -0.4 is 22.1 Å². The number of carbonyl (C=O) groups is 2. The Morgan fingerprint density at radius 2 is 1.90 bits per heavy atom. The molecule has 2 amide bonds. The molecule has 1 atom stereocenters. The van der Waals surface area contributed by atoms with Crippen LogP contribution in [0.4, 0.5) is 4.79 Å². The highest BCUT2D eigenvalue weighted by Gasteiger charge is 2.22. The molecule has 0 saturated heterocycles. The lowest BCUT2D eigenvalue weighted by molar-refractivity contribution is -0.120. The summed E-state index contributed by atoms with van der Waals surface area (Å²) < 4.78 is 5.07. The third-order valence-electron chi connectivity index (χ3n) is 2.25. The van der Waals surface area contributed by atoms with Crippen LogP contribution in [0.2, 0.25) is 0 Å². The first-order chi connectivity index (χ1) is 9.15. The molecule has 20 heavy (non-hydrogen) atoms. The Balaban J connectivity index is 4.18. The molecule has 0 fully saturated rings. The minimum atomic E-state index is -0.772. The fourth-order valence-corrected chi connectivity index (χ4v) is 1.34. The van der Waals surface area contributed by atoms with Crippen molar-refractivity contribution < 1.29 is 14.3 Å². The molecule has 0 heterocycles. The molecule has 0 aromatic rings. The summed E-state index contributed by atoms with van der Waals surface area (Å²) in [6, 6.07) is -0.772. The minimum Gasteiger partial charge on any atom is -0.444 e. The Morgan fingerprint density at radius 3 is 2.35 bits per heavy atom. The van der Waals surface area contributed by atoms with Crippen molar-refractivity contribution in [1.29, 1.82) is 0 Å². The number of ether oxygens (including phenoxy) is 1. The first-order valence-electron chi connectivity index (χ1n) is 6.40. The van der Waals surface area contributed by atoms with Crippen LogP contribution in [0, 0.1) is 0 Å². The fourth-order valence-electron chi connectivity index (χ4n) is 1.34. The molecule has 116 valence electrons. The van der Waals surface area contributed by atoms with E-state index < -0.39 is 23.6 Å². The van der Waals surface area contributed by atoms with E-state index in [1.54, 1.807) is 27.8 Å². The van der Waals surface area contributed by atoms with Gasteiger partial charge < -0.3 is 26.8 Å². The molecule has 0 saturated carbocycles. The van der Waals surface area contributed by atoms with E-state index >= 15 is 0 Å². The number of primary amides is 1. The quantitative estimate of drug-likeness (QED) is 0.302. The Morgan fingerprint density at radius 1 is 1.30 bits per heavy atom. The van der Waals surface area contributed by atoms with Crippen LogP contribution >= 0.6 is 0 Å². The summed E-state index contributed by atoms with van der Waals surface area (Å²) in [7, 11) is 1.57. The Bertz CT molecular complexity index is 363. The highest BCUT2D eigenvalue weighted by molar-refractivity contribution is 5.84. The lowest BCUT2D eigenvalue weighted by Gasteiger charge is -2.22. The van der Waals surface area contributed by atoms with Crippen LogP contribution in [0.5, 0.6) is 0 Å². The van der Waals surface area contributed by atoms with Gasteiger partial charge in [0.15, 0.2) is 5.96 Å². The Kier molecular flexibility index (Phi) is 7.42. The van der Waals surface area contributed by atoms with Crippen molar-refractivity contribution in [3.8, 4) is 0 Å². The largest absolute Gasteiger partial charge is 0.444 e. The zero-order chi connectivity index (χ0) is 15.8. The van der Waals surface area contributed by atoms with Gasteiger partial charge in [0.1, 0.15) is 11.6 Å². The van der Waals surface area contributed by atoms with Gasteiger partial charge in [-0.3, -0.25) is 9.79 Å². The number of rotatable bonds is 6. The van der Waals surface area contributed by atoms with Crippen molar-refractivity contribution >= 4 is 18.0 Å². The zero-order valence-corrected chi connectivity index (χ0v) is 12.5. The number of nitrogens with zero attached hydrogens (tertiary/aromatic N) is 1. The van der Waals surface area contributed by atoms with Crippen LogP contribution in [-0.4, -0.2) is 43.2 Å². The van der Waals surface area contributed by atoms with Gasteiger partial charge in [0.2, 0.25) is 5.91 Å². The standard InChI is InChI=1S/C12H25N5O3/c1-12(2,3)20-11(19)17-8(9(13)18)6-5-7-16-10(14)15-4/h8H,5-7H2,1-4H3,(H2,13,18)(H,17,19)(H3,14,15,16)/t8-/m0/s1. The zero-order valence-electron chi connectivity index (χ0n) is 12.5. The summed E-state index contributed by atoms with van der Waals surface area (Å²) in [6.45, 7) is 5.75. The number of aliphatic imine (C=N–C) groups is 1. The SMILES string of the molecule is CN=C(N)NCCC[C@H](NC(=O)OC(C)(C)C)C(N)=O. The van der Waals surface area contributed by atoms with E-state index in [0.29, 0.717) is 25.3 Å². The van der Waals surface area contributed by atoms with Gasteiger partial charge >= 0.3 is 6.09 Å². The highest BCUT2D eigenvalue weighted by atomic mass is 16.6. The maximum Gasteiger partial charge on any atom is 0.408 e. The average Bonchev–Trinajstić information content (AvgIpc) is 2.29. The van der Waals surface area contributed by atoms with E-state index in [2.05, 4.69) is 15.6 Å². The summed E-state index contributed by atoms with van der Waals surface area (Å²) in [6.07, 6.45) is 0.321. The van der Waals surface area contributed by atoms with Crippen molar-refractivity contribution in [2.45, 2.75) is 45.3 Å². The molecule has 8 heteroatoms. The molecule has 8 nitrogen and oxygen atoms in total. The lowest BCUT2D eigenvalue weighted by Crippen LogP contribution is -2.46. The van der Waals surface area contributed by atoms with Gasteiger partial charge in [0.25, 0.3) is 0 Å². The average molecular weight is 287 g/mol. The minimum absolute atomic E-state index is 0.320. The Hall–Kier alpha value is -1.99. The predicted octanol–water partition coefficient (Wildman–Crippen LogP) is -0.321. The molecule has 0 spiro atoms. The summed E-state index contributed by atoms with van der Waals surface area (Å²) in [5.41, 5.74) is 10.1. The van der Waals surface area contributed by atoms with Crippen molar-refractivity contribution in [3.63, 3.8) is 0 Å². The molecule has 0 aliphatic rings. The van der Waals surface area contributed by atoms with E-state index in [4.69, 9.17) is 16.2 Å². The van der Waals surface area contributed by atoms with Crippen LogP contribution in [-0.2, 0) is 9.53 Å². The summed E-state index contributed by atoms with van der Waals surface area (Å²) in [5, 5.41) is 5.30. The maximum atomic E-state index is 11.6. The van der Waals surface area contributed by atoms with Crippen molar-refractivity contribution in [1.82, 2.24) is 10.6 Å². The number of alkyl carbamates (subject to hydrolysis) is 1. The molecular weight excluding hydrogens is 262 g/mol. The van der Waals surface area contributed by atoms with Crippen molar-refractivity contribution in [2.75, 3.05) is 13.6 Å². The number of hydrogen-bond donors (Lipinski definition) is 4. The second-order valence-corrected chi connectivity index (χ2v) is 5.28. The summed E-state index contributed by atoms with van der Waals surface area (Å²) in [5.74, 6) is -0.284.